The first-order valence-corrected chi connectivity index (χ1v) is 8.37. The molecule has 0 spiro atoms. The summed E-state index contributed by atoms with van der Waals surface area (Å²) < 4.78 is 39.5. The van der Waals surface area contributed by atoms with Gasteiger partial charge in [-0.1, -0.05) is 26.0 Å². The lowest BCUT2D eigenvalue weighted by molar-refractivity contribution is -0.138. The number of carbonyl (C=O) groups is 1. The van der Waals surface area contributed by atoms with Crippen LogP contribution in [0.3, 0.4) is 0 Å². The highest BCUT2D eigenvalue weighted by Gasteiger charge is 2.37. The van der Waals surface area contributed by atoms with Crippen molar-refractivity contribution in [1.29, 1.82) is 0 Å². The van der Waals surface area contributed by atoms with E-state index in [4.69, 9.17) is 0 Å². The van der Waals surface area contributed by atoms with Gasteiger partial charge < -0.3 is 9.80 Å². The van der Waals surface area contributed by atoms with Crippen molar-refractivity contribution in [2.45, 2.75) is 38.9 Å². The second kappa shape index (κ2) is 7.55. The van der Waals surface area contributed by atoms with Gasteiger partial charge in [0.25, 0.3) is 5.91 Å². The van der Waals surface area contributed by atoms with Crippen LogP contribution < -0.4 is 0 Å². The van der Waals surface area contributed by atoms with E-state index in [1.807, 2.05) is 13.8 Å². The molecule has 0 aromatic heterocycles. The largest absolute Gasteiger partial charge is 0.417 e. The topological polar surface area (TPSA) is 23.6 Å². The molecule has 1 aromatic rings. The second-order valence-electron chi connectivity index (χ2n) is 6.78. The van der Waals surface area contributed by atoms with E-state index in [1.54, 1.807) is 7.05 Å². The lowest BCUT2D eigenvalue weighted by Gasteiger charge is -2.34. The van der Waals surface area contributed by atoms with Gasteiger partial charge in [0.2, 0.25) is 0 Å². The number of hydrogen-bond acceptors (Lipinski definition) is 2. The van der Waals surface area contributed by atoms with Gasteiger partial charge in [0.1, 0.15) is 0 Å². The third-order valence-corrected chi connectivity index (χ3v) is 4.69. The minimum absolute atomic E-state index is 0.114. The number of amides is 1. The van der Waals surface area contributed by atoms with Crippen LogP contribution in [0.2, 0.25) is 0 Å². The lowest BCUT2D eigenvalue weighted by atomic mass is 9.99. The lowest BCUT2D eigenvalue weighted by Crippen LogP contribution is -2.47. The van der Waals surface area contributed by atoms with Gasteiger partial charge >= 0.3 is 6.18 Å². The van der Waals surface area contributed by atoms with E-state index < -0.39 is 17.6 Å². The van der Waals surface area contributed by atoms with E-state index >= 15 is 0 Å². The number of likely N-dealkylation sites (tertiary alicyclic amines) is 1. The van der Waals surface area contributed by atoms with Crippen LogP contribution in [0.5, 0.6) is 0 Å². The SMILES string of the molecule is CC(C)[C@@H](CN1CCCC1)N(C)C(=O)c1ccccc1C(F)(F)F. The van der Waals surface area contributed by atoms with Gasteiger partial charge in [-0.3, -0.25) is 4.79 Å². The van der Waals surface area contributed by atoms with Gasteiger partial charge in [0.05, 0.1) is 11.1 Å². The normalized spacial score (nSPS) is 17.3. The Morgan fingerprint density at radius 1 is 1.21 bits per heavy atom. The fourth-order valence-corrected chi connectivity index (χ4v) is 3.27. The van der Waals surface area contributed by atoms with Gasteiger partial charge in [-0.25, -0.2) is 0 Å². The summed E-state index contributed by atoms with van der Waals surface area (Å²) in [5.41, 5.74) is -1.15. The van der Waals surface area contributed by atoms with Crippen LogP contribution in [0.25, 0.3) is 0 Å². The maximum absolute atomic E-state index is 13.2. The molecule has 1 atom stereocenters. The van der Waals surface area contributed by atoms with Crippen LogP contribution in [-0.2, 0) is 6.18 Å². The van der Waals surface area contributed by atoms with Crippen LogP contribution in [0, 0.1) is 5.92 Å². The Morgan fingerprint density at radius 3 is 2.33 bits per heavy atom. The minimum Gasteiger partial charge on any atom is -0.337 e. The first kappa shape index (κ1) is 18.8. The fourth-order valence-electron chi connectivity index (χ4n) is 3.27. The molecule has 0 unspecified atom stereocenters. The number of benzene rings is 1. The summed E-state index contributed by atoms with van der Waals surface area (Å²) in [6.07, 6.45) is -2.26. The number of carbonyl (C=O) groups excluding carboxylic acids is 1. The van der Waals surface area contributed by atoms with E-state index in [-0.39, 0.29) is 17.5 Å². The van der Waals surface area contributed by atoms with Gasteiger partial charge in [0, 0.05) is 19.6 Å². The molecule has 6 heteroatoms. The number of alkyl halides is 3. The molecule has 3 nitrogen and oxygen atoms in total. The molecule has 1 fully saturated rings. The molecular weight excluding hydrogens is 317 g/mol. The van der Waals surface area contributed by atoms with Crippen molar-refractivity contribution in [2.24, 2.45) is 5.92 Å². The minimum atomic E-state index is -4.53. The highest BCUT2D eigenvalue weighted by molar-refractivity contribution is 5.96. The molecular formula is C18H25F3N2O. The van der Waals surface area contributed by atoms with Crippen molar-refractivity contribution in [3.05, 3.63) is 35.4 Å². The third-order valence-electron chi connectivity index (χ3n) is 4.69. The molecule has 1 aliphatic heterocycles. The summed E-state index contributed by atoms with van der Waals surface area (Å²) in [6, 6.07) is 4.89. The van der Waals surface area contributed by atoms with E-state index in [1.165, 1.54) is 23.1 Å². The Hall–Kier alpha value is -1.56. The molecule has 1 aliphatic rings. The summed E-state index contributed by atoms with van der Waals surface area (Å²) in [5.74, 6) is -0.404. The van der Waals surface area contributed by atoms with E-state index in [2.05, 4.69) is 4.90 Å². The molecule has 0 N–H and O–H groups in total. The smallest absolute Gasteiger partial charge is 0.337 e. The predicted molar refractivity (Wildman–Crippen MR) is 87.8 cm³/mol. The Labute approximate surface area is 141 Å². The molecule has 0 radical (unpaired) electrons. The molecule has 1 amide bonds. The number of halogens is 3. The van der Waals surface area contributed by atoms with Gasteiger partial charge in [0.15, 0.2) is 0 Å². The molecule has 0 saturated carbocycles. The van der Waals surface area contributed by atoms with Crippen molar-refractivity contribution in [2.75, 3.05) is 26.7 Å². The standard InChI is InChI=1S/C18H25F3N2O/c1-13(2)16(12-23-10-6-7-11-23)22(3)17(24)14-8-4-5-9-15(14)18(19,20)21/h4-5,8-9,13,16H,6-7,10-12H2,1-3H3/t16-/m1/s1. The van der Waals surface area contributed by atoms with Crippen molar-refractivity contribution in [3.63, 3.8) is 0 Å². The van der Waals surface area contributed by atoms with E-state index in [0.717, 1.165) is 32.0 Å². The summed E-state index contributed by atoms with van der Waals surface area (Å²) >= 11 is 0. The van der Waals surface area contributed by atoms with Crippen LogP contribution in [-0.4, -0.2) is 48.4 Å². The quantitative estimate of drug-likeness (QED) is 0.810. The predicted octanol–water partition coefficient (Wildman–Crippen LogP) is 3.90. The Morgan fingerprint density at radius 2 is 1.79 bits per heavy atom. The van der Waals surface area contributed by atoms with Crippen LogP contribution >= 0.6 is 0 Å². The van der Waals surface area contributed by atoms with E-state index in [9.17, 15) is 18.0 Å². The highest BCUT2D eigenvalue weighted by atomic mass is 19.4. The van der Waals surface area contributed by atoms with Gasteiger partial charge in [-0.2, -0.15) is 13.2 Å². The van der Waals surface area contributed by atoms with Crippen molar-refractivity contribution < 1.29 is 18.0 Å². The third kappa shape index (κ3) is 4.29. The average Bonchev–Trinajstić information content (AvgIpc) is 3.03. The molecule has 1 aromatic carbocycles. The molecule has 1 heterocycles. The van der Waals surface area contributed by atoms with Gasteiger partial charge in [-0.05, 0) is 44.0 Å². The maximum atomic E-state index is 13.2. The van der Waals surface area contributed by atoms with Crippen molar-refractivity contribution in [1.82, 2.24) is 9.80 Å². The molecule has 1 saturated heterocycles. The maximum Gasteiger partial charge on any atom is 0.417 e. The first-order valence-electron chi connectivity index (χ1n) is 8.37. The summed E-state index contributed by atoms with van der Waals surface area (Å²) in [6.45, 7) is 6.68. The molecule has 134 valence electrons. The Balaban J connectivity index is 2.23. The van der Waals surface area contributed by atoms with Crippen LogP contribution in [0.15, 0.2) is 24.3 Å². The number of likely N-dealkylation sites (N-methyl/N-ethyl adjacent to an activating group) is 1. The monoisotopic (exact) mass is 342 g/mol. The number of nitrogens with zero attached hydrogens (tertiary/aromatic N) is 2. The van der Waals surface area contributed by atoms with E-state index in [0.29, 0.717) is 6.54 Å². The first-order chi connectivity index (χ1) is 11.2. The average molecular weight is 342 g/mol. The molecule has 0 bridgehead atoms. The van der Waals surface area contributed by atoms with Crippen molar-refractivity contribution in [3.8, 4) is 0 Å². The fraction of sp³-hybridized carbons (Fsp3) is 0.611. The summed E-state index contributed by atoms with van der Waals surface area (Å²) in [4.78, 5) is 16.5. The zero-order valence-corrected chi connectivity index (χ0v) is 14.4. The zero-order valence-electron chi connectivity index (χ0n) is 14.4. The van der Waals surface area contributed by atoms with Crippen molar-refractivity contribution >= 4 is 5.91 Å². The number of rotatable bonds is 5. The number of hydrogen-bond donors (Lipinski definition) is 0. The Bertz CT molecular complexity index is 566. The Kier molecular flexibility index (Phi) is 5.91. The molecule has 2 rings (SSSR count). The summed E-state index contributed by atoms with van der Waals surface area (Å²) in [7, 11) is 1.61. The molecule has 24 heavy (non-hydrogen) atoms. The van der Waals surface area contributed by atoms with Crippen LogP contribution in [0.4, 0.5) is 13.2 Å². The molecule has 0 aliphatic carbocycles. The summed E-state index contributed by atoms with van der Waals surface area (Å²) in [5, 5.41) is 0. The van der Waals surface area contributed by atoms with Crippen LogP contribution in [0.1, 0.15) is 42.6 Å². The zero-order chi connectivity index (χ0) is 17.9. The highest BCUT2D eigenvalue weighted by Crippen LogP contribution is 2.32. The van der Waals surface area contributed by atoms with Gasteiger partial charge in [-0.15, -0.1) is 0 Å². The second-order valence-corrected chi connectivity index (χ2v) is 6.78.